The second kappa shape index (κ2) is 7.22. The van der Waals surface area contributed by atoms with E-state index in [0.29, 0.717) is 17.7 Å². The van der Waals surface area contributed by atoms with Crippen LogP contribution in [0.2, 0.25) is 0 Å². The minimum atomic E-state index is -0.163. The smallest absolute Gasteiger partial charge is 0.261 e. The molecule has 1 aromatic carbocycles. The first kappa shape index (κ1) is 18.0. The van der Waals surface area contributed by atoms with Crippen molar-refractivity contribution in [1.29, 1.82) is 0 Å². The van der Waals surface area contributed by atoms with Crippen LogP contribution in [-0.4, -0.2) is 43.1 Å². The van der Waals surface area contributed by atoms with Crippen molar-refractivity contribution in [2.45, 2.75) is 24.5 Å². The lowest BCUT2D eigenvalue weighted by molar-refractivity contribution is 0.0655. The monoisotopic (exact) mass is 374 g/mol. The van der Waals surface area contributed by atoms with Crippen LogP contribution in [0.4, 0.5) is 5.00 Å². The topological polar surface area (TPSA) is 40.6 Å². The van der Waals surface area contributed by atoms with Crippen molar-refractivity contribution < 1.29 is 9.59 Å². The number of thiophene rings is 1. The largest absolute Gasteiger partial charge is 0.369 e. The molecule has 0 fully saturated rings. The molecule has 132 valence electrons. The van der Waals surface area contributed by atoms with Crippen molar-refractivity contribution >= 4 is 39.9 Å². The summed E-state index contributed by atoms with van der Waals surface area (Å²) in [6, 6.07) is 7.05. The Balaban J connectivity index is 1.57. The number of nitrogens with zero attached hydrogens (tertiary/aromatic N) is 2. The van der Waals surface area contributed by atoms with E-state index in [2.05, 4.69) is 32.8 Å². The summed E-state index contributed by atoms with van der Waals surface area (Å²) in [6.07, 6.45) is 0.795. The van der Waals surface area contributed by atoms with E-state index >= 15 is 0 Å². The molecular formula is C19H22N2O2S2. The zero-order valence-electron chi connectivity index (χ0n) is 15.0. The van der Waals surface area contributed by atoms with Crippen molar-refractivity contribution in [3.8, 4) is 0 Å². The van der Waals surface area contributed by atoms with Gasteiger partial charge in [-0.25, -0.2) is 0 Å². The predicted molar refractivity (Wildman–Crippen MR) is 105 cm³/mol. The van der Waals surface area contributed by atoms with Crippen LogP contribution < -0.4 is 4.90 Å². The van der Waals surface area contributed by atoms with Gasteiger partial charge in [0.1, 0.15) is 0 Å². The van der Waals surface area contributed by atoms with Crippen molar-refractivity contribution in [1.82, 2.24) is 4.90 Å². The molecule has 0 atom stereocenters. The van der Waals surface area contributed by atoms with E-state index in [0.717, 1.165) is 12.2 Å². The fraction of sp³-hybridized carbons (Fsp3) is 0.368. The Labute approximate surface area is 156 Å². The molecule has 25 heavy (non-hydrogen) atoms. The maximum atomic E-state index is 12.3. The first-order chi connectivity index (χ1) is 11.9. The van der Waals surface area contributed by atoms with Gasteiger partial charge < -0.3 is 4.90 Å². The average molecular weight is 375 g/mol. The number of hydrogen-bond acceptors (Lipinski definition) is 5. The highest BCUT2D eigenvalue weighted by atomic mass is 32.2. The molecule has 6 heteroatoms. The van der Waals surface area contributed by atoms with Crippen LogP contribution in [0.3, 0.4) is 0 Å². The second-order valence-electron chi connectivity index (χ2n) is 6.35. The first-order valence-corrected chi connectivity index (χ1v) is 10.1. The van der Waals surface area contributed by atoms with Crippen molar-refractivity contribution in [2.75, 3.05) is 31.3 Å². The fourth-order valence-corrected chi connectivity index (χ4v) is 5.47. The van der Waals surface area contributed by atoms with Crippen molar-refractivity contribution in [3.05, 3.63) is 46.5 Å². The quantitative estimate of drug-likeness (QED) is 0.431. The summed E-state index contributed by atoms with van der Waals surface area (Å²) < 4.78 is 1.32. The molecule has 0 saturated carbocycles. The van der Waals surface area contributed by atoms with Gasteiger partial charge in [-0.1, -0.05) is 12.1 Å². The molecule has 4 nitrogen and oxygen atoms in total. The number of thioether (sulfide) groups is 1. The van der Waals surface area contributed by atoms with Gasteiger partial charge in [-0.2, -0.15) is 0 Å². The molecule has 0 radical (unpaired) electrons. The van der Waals surface area contributed by atoms with Gasteiger partial charge in [-0.3, -0.25) is 14.5 Å². The van der Waals surface area contributed by atoms with E-state index in [1.807, 2.05) is 23.1 Å². The number of anilines is 1. The number of imide groups is 1. The molecule has 0 aliphatic carbocycles. The second-order valence-corrected chi connectivity index (χ2v) is 8.71. The molecule has 1 aliphatic heterocycles. The van der Waals surface area contributed by atoms with Gasteiger partial charge in [0, 0.05) is 26.4 Å². The number of carbonyl (C=O) groups is 2. The maximum Gasteiger partial charge on any atom is 0.261 e. The highest BCUT2D eigenvalue weighted by Gasteiger charge is 2.34. The van der Waals surface area contributed by atoms with Gasteiger partial charge in [-0.15, -0.1) is 23.1 Å². The van der Waals surface area contributed by atoms with Crippen LogP contribution in [0.25, 0.3) is 0 Å². The summed E-state index contributed by atoms with van der Waals surface area (Å²) in [4.78, 5) is 28.2. The molecule has 2 aromatic rings. The summed E-state index contributed by atoms with van der Waals surface area (Å²) in [5.41, 5.74) is 3.72. The fourth-order valence-electron chi connectivity index (χ4n) is 2.95. The number of fused-ring (bicyclic) bond motifs is 1. The van der Waals surface area contributed by atoms with Gasteiger partial charge >= 0.3 is 0 Å². The van der Waals surface area contributed by atoms with Crippen LogP contribution in [0.1, 0.15) is 38.3 Å². The minimum Gasteiger partial charge on any atom is -0.369 e. The van der Waals surface area contributed by atoms with Crippen LogP contribution in [0.5, 0.6) is 0 Å². The summed E-state index contributed by atoms with van der Waals surface area (Å²) in [5, 5.41) is 1.29. The average Bonchev–Trinajstić information content (AvgIpc) is 3.01. The van der Waals surface area contributed by atoms with Gasteiger partial charge in [0.2, 0.25) is 0 Å². The standard InChI is InChI=1S/C19H22N2O2S2/c1-12-13(2)19(25-18(12)20(3)4)24-11-7-10-21-16(22)14-8-5-6-9-15(14)17(21)23/h5-6,8-9H,7,10-11H2,1-4H3. The van der Waals surface area contributed by atoms with Gasteiger partial charge in [-0.05, 0) is 43.5 Å². The molecule has 0 bridgehead atoms. The third kappa shape index (κ3) is 3.33. The Kier molecular flexibility index (Phi) is 5.20. The summed E-state index contributed by atoms with van der Waals surface area (Å²) in [7, 11) is 4.13. The normalized spacial score (nSPS) is 13.5. The van der Waals surface area contributed by atoms with E-state index in [1.54, 1.807) is 24.3 Å². The molecule has 0 unspecified atom stereocenters. The lowest BCUT2D eigenvalue weighted by Crippen LogP contribution is -2.30. The molecule has 3 rings (SSSR count). The molecule has 0 N–H and O–H groups in total. The Hall–Kier alpha value is -1.79. The Morgan fingerprint density at radius 1 is 1.04 bits per heavy atom. The Morgan fingerprint density at radius 2 is 1.64 bits per heavy atom. The third-order valence-corrected chi connectivity index (χ3v) is 7.44. The number of benzene rings is 1. The van der Waals surface area contributed by atoms with E-state index < -0.39 is 0 Å². The Bertz CT molecular complexity index is 792. The van der Waals surface area contributed by atoms with E-state index in [9.17, 15) is 9.59 Å². The molecule has 2 heterocycles. The highest BCUT2D eigenvalue weighted by Crippen LogP contribution is 2.40. The van der Waals surface area contributed by atoms with Crippen molar-refractivity contribution in [3.63, 3.8) is 0 Å². The van der Waals surface area contributed by atoms with Crippen LogP contribution in [0.15, 0.2) is 28.5 Å². The summed E-state index contributed by atoms with van der Waals surface area (Å²) >= 11 is 3.62. The number of amides is 2. The Morgan fingerprint density at radius 3 is 2.16 bits per heavy atom. The SMILES string of the molecule is Cc1c(SCCCN2C(=O)c3ccccc3C2=O)sc(N(C)C)c1C. The third-order valence-electron chi connectivity index (χ3n) is 4.42. The number of rotatable bonds is 6. The van der Waals surface area contributed by atoms with E-state index in [4.69, 9.17) is 0 Å². The summed E-state index contributed by atoms with van der Waals surface area (Å²) in [5.74, 6) is 0.563. The zero-order valence-corrected chi connectivity index (χ0v) is 16.6. The van der Waals surface area contributed by atoms with E-state index in [1.165, 1.54) is 25.2 Å². The van der Waals surface area contributed by atoms with Crippen LogP contribution in [0, 0.1) is 13.8 Å². The number of hydrogen-bond donors (Lipinski definition) is 0. The zero-order chi connectivity index (χ0) is 18.1. The minimum absolute atomic E-state index is 0.163. The lowest BCUT2D eigenvalue weighted by Gasteiger charge is -2.13. The first-order valence-electron chi connectivity index (χ1n) is 8.27. The summed E-state index contributed by atoms with van der Waals surface area (Å²) in [6.45, 7) is 4.79. The van der Waals surface area contributed by atoms with Crippen LogP contribution >= 0.6 is 23.1 Å². The van der Waals surface area contributed by atoms with Crippen LogP contribution in [-0.2, 0) is 0 Å². The van der Waals surface area contributed by atoms with Gasteiger partial charge in [0.05, 0.1) is 20.3 Å². The highest BCUT2D eigenvalue weighted by molar-refractivity contribution is 8.01. The molecule has 1 aromatic heterocycles. The van der Waals surface area contributed by atoms with Gasteiger partial charge in [0.25, 0.3) is 11.8 Å². The predicted octanol–water partition coefficient (Wildman–Crippen LogP) is 4.21. The lowest BCUT2D eigenvalue weighted by atomic mass is 10.1. The molecule has 0 saturated heterocycles. The van der Waals surface area contributed by atoms with E-state index in [-0.39, 0.29) is 11.8 Å². The molecule has 1 aliphatic rings. The maximum absolute atomic E-state index is 12.3. The molecular weight excluding hydrogens is 352 g/mol. The van der Waals surface area contributed by atoms with Crippen molar-refractivity contribution in [2.24, 2.45) is 0 Å². The van der Waals surface area contributed by atoms with Gasteiger partial charge in [0.15, 0.2) is 0 Å². The molecule has 2 amide bonds. The number of carbonyl (C=O) groups excluding carboxylic acids is 2. The molecule has 0 spiro atoms.